The average molecular weight is 312 g/mol. The zero-order chi connectivity index (χ0) is 15.6. The van der Waals surface area contributed by atoms with Crippen molar-refractivity contribution in [3.63, 3.8) is 0 Å². The Morgan fingerprint density at radius 2 is 1.81 bits per heavy atom. The first-order chi connectivity index (χ1) is 9.79. The van der Waals surface area contributed by atoms with Crippen LogP contribution in [0.3, 0.4) is 0 Å². The molecule has 0 aliphatic carbocycles. The van der Waals surface area contributed by atoms with Gasteiger partial charge in [-0.2, -0.15) is 0 Å². The molecule has 0 aliphatic heterocycles. The van der Waals surface area contributed by atoms with E-state index in [-0.39, 0.29) is 16.1 Å². The minimum absolute atomic E-state index is 0.00563. The van der Waals surface area contributed by atoms with Crippen LogP contribution in [0.1, 0.15) is 18.5 Å². The molecule has 3 N–H and O–H groups in total. The Labute approximate surface area is 121 Å². The quantitative estimate of drug-likeness (QED) is 0.852. The summed E-state index contributed by atoms with van der Waals surface area (Å²) in [5, 5.41) is 0. The normalized spacial score (nSPS) is 13.1. The summed E-state index contributed by atoms with van der Waals surface area (Å²) in [6.07, 6.45) is 0. The van der Waals surface area contributed by atoms with E-state index in [0.29, 0.717) is 0 Å². The Balaban J connectivity index is 2.31. The summed E-state index contributed by atoms with van der Waals surface area (Å²) < 4.78 is 53.5. The second kappa shape index (κ2) is 5.79. The minimum Gasteiger partial charge on any atom is -0.399 e. The summed E-state index contributed by atoms with van der Waals surface area (Å²) >= 11 is 0. The van der Waals surface area contributed by atoms with E-state index in [2.05, 4.69) is 4.72 Å². The molecular formula is C14H14F2N2O2S. The number of benzene rings is 2. The van der Waals surface area contributed by atoms with Crippen LogP contribution in [0.5, 0.6) is 0 Å². The largest absolute Gasteiger partial charge is 0.399 e. The third-order valence-electron chi connectivity index (χ3n) is 2.91. The van der Waals surface area contributed by atoms with E-state index in [0.717, 1.165) is 18.2 Å². The van der Waals surface area contributed by atoms with Gasteiger partial charge in [-0.25, -0.2) is 21.9 Å². The molecule has 0 saturated carbocycles. The SMILES string of the molecule is CC(NS(=O)(=O)c1cc(N)cc(F)c1)c1ccccc1F. The Bertz CT molecular complexity index is 743. The summed E-state index contributed by atoms with van der Waals surface area (Å²) in [4.78, 5) is -0.303. The van der Waals surface area contributed by atoms with Crippen molar-refractivity contribution in [3.8, 4) is 0 Å². The molecule has 2 aromatic carbocycles. The van der Waals surface area contributed by atoms with E-state index in [1.807, 2.05) is 0 Å². The maximum Gasteiger partial charge on any atom is 0.241 e. The number of hydrogen-bond acceptors (Lipinski definition) is 3. The highest BCUT2D eigenvalue weighted by atomic mass is 32.2. The Kier molecular flexibility index (Phi) is 4.24. The number of nitrogen functional groups attached to an aromatic ring is 1. The second-order valence-corrected chi connectivity index (χ2v) is 6.30. The van der Waals surface area contributed by atoms with Crippen LogP contribution in [0.2, 0.25) is 0 Å². The monoisotopic (exact) mass is 312 g/mol. The molecule has 21 heavy (non-hydrogen) atoms. The van der Waals surface area contributed by atoms with Gasteiger partial charge in [-0.05, 0) is 31.2 Å². The molecule has 0 aromatic heterocycles. The number of nitrogens with two attached hydrogens (primary N) is 1. The molecule has 0 bridgehead atoms. The van der Waals surface area contributed by atoms with Crippen molar-refractivity contribution in [1.29, 1.82) is 0 Å². The lowest BCUT2D eigenvalue weighted by Crippen LogP contribution is -2.27. The van der Waals surface area contributed by atoms with Crippen molar-refractivity contribution < 1.29 is 17.2 Å². The van der Waals surface area contributed by atoms with Gasteiger partial charge in [0.1, 0.15) is 11.6 Å². The van der Waals surface area contributed by atoms with Gasteiger partial charge in [0.2, 0.25) is 10.0 Å². The first-order valence-corrected chi connectivity index (χ1v) is 7.61. The summed E-state index contributed by atoms with van der Waals surface area (Å²) in [6, 6.07) is 8.02. The van der Waals surface area contributed by atoms with E-state index in [1.165, 1.54) is 25.1 Å². The van der Waals surface area contributed by atoms with Crippen molar-refractivity contribution in [2.75, 3.05) is 5.73 Å². The van der Waals surface area contributed by atoms with Gasteiger partial charge in [0.25, 0.3) is 0 Å². The van der Waals surface area contributed by atoms with Crippen molar-refractivity contribution in [1.82, 2.24) is 4.72 Å². The van der Waals surface area contributed by atoms with E-state index in [4.69, 9.17) is 5.73 Å². The molecule has 4 nitrogen and oxygen atoms in total. The van der Waals surface area contributed by atoms with Gasteiger partial charge < -0.3 is 5.73 Å². The van der Waals surface area contributed by atoms with Crippen LogP contribution in [0.4, 0.5) is 14.5 Å². The second-order valence-electron chi connectivity index (χ2n) is 4.58. The standard InChI is InChI=1S/C14H14F2N2O2S/c1-9(13-4-2-3-5-14(13)16)18-21(19,20)12-7-10(15)6-11(17)8-12/h2-9,18H,17H2,1H3. The highest BCUT2D eigenvalue weighted by Gasteiger charge is 2.21. The highest BCUT2D eigenvalue weighted by Crippen LogP contribution is 2.21. The minimum atomic E-state index is -4.01. The van der Waals surface area contributed by atoms with Gasteiger partial charge in [0, 0.05) is 17.3 Å². The fourth-order valence-electron chi connectivity index (χ4n) is 1.93. The van der Waals surface area contributed by atoms with Crippen molar-refractivity contribution >= 4 is 15.7 Å². The van der Waals surface area contributed by atoms with Gasteiger partial charge in [-0.1, -0.05) is 18.2 Å². The highest BCUT2D eigenvalue weighted by molar-refractivity contribution is 7.89. The van der Waals surface area contributed by atoms with Crippen LogP contribution >= 0.6 is 0 Å². The van der Waals surface area contributed by atoms with Crippen LogP contribution in [0.25, 0.3) is 0 Å². The first-order valence-electron chi connectivity index (χ1n) is 6.12. The number of rotatable bonds is 4. The van der Waals surface area contributed by atoms with Crippen LogP contribution in [0.15, 0.2) is 47.4 Å². The maximum atomic E-state index is 13.6. The molecule has 0 spiro atoms. The van der Waals surface area contributed by atoms with E-state index in [9.17, 15) is 17.2 Å². The van der Waals surface area contributed by atoms with E-state index in [1.54, 1.807) is 6.07 Å². The molecule has 112 valence electrons. The molecular weight excluding hydrogens is 298 g/mol. The molecule has 0 heterocycles. The molecule has 0 amide bonds. The molecule has 0 saturated heterocycles. The fourth-order valence-corrected chi connectivity index (χ4v) is 3.22. The predicted molar refractivity (Wildman–Crippen MR) is 75.9 cm³/mol. The summed E-state index contributed by atoms with van der Waals surface area (Å²) in [5.74, 6) is -1.28. The van der Waals surface area contributed by atoms with Gasteiger partial charge in [-0.3, -0.25) is 0 Å². The Morgan fingerprint density at radius 1 is 1.14 bits per heavy atom. The molecule has 1 unspecified atom stereocenters. The average Bonchev–Trinajstić information content (AvgIpc) is 2.37. The molecule has 0 aliphatic rings. The van der Waals surface area contributed by atoms with Crippen LogP contribution in [-0.2, 0) is 10.0 Å². The maximum absolute atomic E-state index is 13.6. The molecule has 2 aromatic rings. The lowest BCUT2D eigenvalue weighted by atomic mass is 10.1. The smallest absolute Gasteiger partial charge is 0.241 e. The van der Waals surface area contributed by atoms with Gasteiger partial charge in [0.05, 0.1) is 4.90 Å². The van der Waals surface area contributed by atoms with Crippen molar-refractivity contribution in [3.05, 3.63) is 59.7 Å². The molecule has 0 fully saturated rings. The number of halogens is 2. The Morgan fingerprint density at radius 3 is 2.43 bits per heavy atom. The molecule has 0 radical (unpaired) electrons. The number of sulfonamides is 1. The zero-order valence-corrected chi connectivity index (χ0v) is 12.0. The fraction of sp³-hybridized carbons (Fsp3) is 0.143. The third-order valence-corrected chi connectivity index (χ3v) is 4.43. The van der Waals surface area contributed by atoms with Gasteiger partial charge >= 0.3 is 0 Å². The van der Waals surface area contributed by atoms with E-state index >= 15 is 0 Å². The first kappa shape index (κ1) is 15.4. The topological polar surface area (TPSA) is 72.2 Å². The lowest BCUT2D eigenvalue weighted by molar-refractivity contribution is 0.548. The van der Waals surface area contributed by atoms with Crippen LogP contribution in [0, 0.1) is 11.6 Å². The Hall–Kier alpha value is -1.99. The molecule has 1 atom stereocenters. The van der Waals surface area contributed by atoms with Gasteiger partial charge in [-0.15, -0.1) is 0 Å². The summed E-state index contributed by atoms with van der Waals surface area (Å²) in [5.41, 5.74) is 5.62. The summed E-state index contributed by atoms with van der Waals surface area (Å²) in [6.45, 7) is 1.50. The molecule has 2 rings (SSSR count). The predicted octanol–water partition coefficient (Wildman–Crippen LogP) is 2.59. The number of nitrogens with one attached hydrogen (secondary N) is 1. The number of hydrogen-bond donors (Lipinski definition) is 2. The van der Waals surface area contributed by atoms with Gasteiger partial charge in [0.15, 0.2) is 0 Å². The van der Waals surface area contributed by atoms with Crippen molar-refractivity contribution in [2.24, 2.45) is 0 Å². The van der Waals surface area contributed by atoms with Crippen LogP contribution in [-0.4, -0.2) is 8.42 Å². The summed E-state index contributed by atoms with van der Waals surface area (Å²) in [7, 11) is -4.01. The zero-order valence-electron chi connectivity index (χ0n) is 11.2. The van der Waals surface area contributed by atoms with Crippen molar-refractivity contribution in [2.45, 2.75) is 17.9 Å². The molecule has 7 heteroatoms. The third kappa shape index (κ3) is 3.56. The van der Waals surface area contributed by atoms with E-state index < -0.39 is 27.7 Å². The van der Waals surface area contributed by atoms with Crippen LogP contribution < -0.4 is 10.5 Å². The lowest BCUT2D eigenvalue weighted by Gasteiger charge is -2.15. The number of anilines is 1.